The molecule has 3 N–H and O–H groups in total. The average molecular weight is 313 g/mol. The second-order valence-electron chi connectivity index (χ2n) is 5.06. The predicted octanol–water partition coefficient (Wildman–Crippen LogP) is 0.854. The highest BCUT2D eigenvalue weighted by Crippen LogP contribution is 2.24. The largest absolute Gasteiger partial charge is 0.507 e. The van der Waals surface area contributed by atoms with E-state index in [0.29, 0.717) is 6.42 Å². The molecule has 1 aromatic rings. The molecule has 21 heavy (non-hydrogen) atoms. The molecule has 7 nitrogen and oxygen atoms in total. The van der Waals surface area contributed by atoms with E-state index in [1.54, 1.807) is 0 Å². The van der Waals surface area contributed by atoms with Crippen LogP contribution in [0.1, 0.15) is 23.2 Å². The third kappa shape index (κ3) is 3.94. The third-order valence-electron chi connectivity index (χ3n) is 3.31. The molecule has 1 atom stereocenters. The molecule has 1 aromatic carbocycles. The van der Waals surface area contributed by atoms with Crippen molar-refractivity contribution in [3.63, 3.8) is 0 Å². The van der Waals surface area contributed by atoms with E-state index in [1.165, 1.54) is 12.1 Å². The lowest BCUT2D eigenvalue weighted by molar-refractivity contribution is -0.116. The molecule has 1 aliphatic rings. The molecule has 0 spiro atoms. The fourth-order valence-electron chi connectivity index (χ4n) is 2.30. The number of carboxylic acids is 1. The fraction of sp³-hybridized carbons (Fsp3) is 0.385. The molecular weight excluding hydrogens is 298 g/mol. The van der Waals surface area contributed by atoms with Crippen molar-refractivity contribution in [2.45, 2.75) is 12.8 Å². The van der Waals surface area contributed by atoms with Crippen molar-refractivity contribution in [1.82, 2.24) is 0 Å². The Labute approximate surface area is 121 Å². The van der Waals surface area contributed by atoms with Gasteiger partial charge < -0.3 is 15.5 Å². The number of carboxylic acid groups (broad SMARTS) is 1. The van der Waals surface area contributed by atoms with Gasteiger partial charge in [0, 0.05) is 18.2 Å². The van der Waals surface area contributed by atoms with Gasteiger partial charge in [0.15, 0.2) is 9.84 Å². The van der Waals surface area contributed by atoms with Crippen LogP contribution in [0, 0.1) is 5.92 Å². The van der Waals surface area contributed by atoms with Crippen LogP contribution in [0.2, 0.25) is 0 Å². The van der Waals surface area contributed by atoms with E-state index in [4.69, 9.17) is 5.11 Å². The Kier molecular flexibility index (Phi) is 4.17. The Morgan fingerprint density at radius 3 is 2.57 bits per heavy atom. The standard InChI is InChI=1S/C13H15NO6S/c15-11-6-9(1-2-10(11)13(17)18)14-12(16)5-8-3-4-21(19,20)7-8/h1-2,6,8,15H,3-5,7H2,(H,14,16)(H,17,18). The Hall–Kier alpha value is -2.09. The number of aromatic hydroxyl groups is 1. The topological polar surface area (TPSA) is 121 Å². The van der Waals surface area contributed by atoms with Crippen LogP contribution in [0.4, 0.5) is 5.69 Å². The van der Waals surface area contributed by atoms with Gasteiger partial charge in [-0.1, -0.05) is 0 Å². The highest BCUT2D eigenvalue weighted by molar-refractivity contribution is 7.91. The summed E-state index contributed by atoms with van der Waals surface area (Å²) in [4.78, 5) is 22.5. The van der Waals surface area contributed by atoms with E-state index in [-0.39, 0.29) is 41.0 Å². The van der Waals surface area contributed by atoms with Crippen LogP contribution in [-0.4, -0.2) is 42.0 Å². The number of nitrogens with one attached hydrogen (secondary N) is 1. The van der Waals surface area contributed by atoms with E-state index in [1.807, 2.05) is 0 Å². The van der Waals surface area contributed by atoms with Crippen LogP contribution in [0.3, 0.4) is 0 Å². The molecule has 0 aliphatic carbocycles. The molecule has 1 saturated heterocycles. The summed E-state index contributed by atoms with van der Waals surface area (Å²) >= 11 is 0. The van der Waals surface area contributed by atoms with Gasteiger partial charge in [0.05, 0.1) is 11.5 Å². The first-order valence-corrected chi connectivity index (χ1v) is 8.15. The number of aromatic carboxylic acids is 1. The number of hydrogen-bond acceptors (Lipinski definition) is 5. The molecule has 114 valence electrons. The van der Waals surface area contributed by atoms with Crippen molar-refractivity contribution in [1.29, 1.82) is 0 Å². The summed E-state index contributed by atoms with van der Waals surface area (Å²) in [5.41, 5.74) is 0.0123. The lowest BCUT2D eigenvalue weighted by Crippen LogP contribution is -2.17. The van der Waals surface area contributed by atoms with Gasteiger partial charge in [-0.15, -0.1) is 0 Å². The lowest BCUT2D eigenvalue weighted by Gasteiger charge is -2.09. The molecule has 0 bridgehead atoms. The zero-order valence-electron chi connectivity index (χ0n) is 11.1. The quantitative estimate of drug-likeness (QED) is 0.758. The van der Waals surface area contributed by atoms with E-state index in [0.717, 1.165) is 6.07 Å². The van der Waals surface area contributed by atoms with Crippen molar-refractivity contribution < 1.29 is 28.2 Å². The lowest BCUT2D eigenvalue weighted by atomic mass is 10.0. The molecule has 1 amide bonds. The van der Waals surface area contributed by atoms with Crippen LogP contribution in [0.15, 0.2) is 18.2 Å². The number of rotatable bonds is 4. The molecule has 0 saturated carbocycles. The van der Waals surface area contributed by atoms with Crippen LogP contribution in [0.5, 0.6) is 5.75 Å². The minimum absolute atomic E-state index is 0.0175. The SMILES string of the molecule is O=C(CC1CCS(=O)(=O)C1)Nc1ccc(C(=O)O)c(O)c1. The number of amides is 1. The number of carbonyl (C=O) groups is 2. The van der Waals surface area contributed by atoms with Crippen LogP contribution >= 0.6 is 0 Å². The number of anilines is 1. The number of hydrogen-bond donors (Lipinski definition) is 3. The maximum absolute atomic E-state index is 11.8. The maximum atomic E-state index is 11.8. The van der Waals surface area contributed by atoms with Gasteiger partial charge in [0.1, 0.15) is 11.3 Å². The Morgan fingerprint density at radius 1 is 1.33 bits per heavy atom. The summed E-state index contributed by atoms with van der Waals surface area (Å²) < 4.78 is 22.6. The molecule has 1 heterocycles. The summed E-state index contributed by atoms with van der Waals surface area (Å²) in [5, 5.41) is 20.8. The first-order valence-electron chi connectivity index (χ1n) is 6.33. The van der Waals surface area contributed by atoms with E-state index < -0.39 is 21.6 Å². The predicted molar refractivity (Wildman–Crippen MR) is 75.1 cm³/mol. The number of phenols is 1. The summed E-state index contributed by atoms with van der Waals surface area (Å²) in [6.45, 7) is 0. The highest BCUT2D eigenvalue weighted by atomic mass is 32.2. The van der Waals surface area contributed by atoms with Gasteiger partial charge in [0.25, 0.3) is 0 Å². The molecule has 0 radical (unpaired) electrons. The Morgan fingerprint density at radius 2 is 2.05 bits per heavy atom. The van der Waals surface area contributed by atoms with Gasteiger partial charge in [0.2, 0.25) is 5.91 Å². The zero-order chi connectivity index (χ0) is 15.6. The Bertz CT molecular complexity index is 682. The minimum atomic E-state index is -3.02. The van der Waals surface area contributed by atoms with E-state index >= 15 is 0 Å². The molecular formula is C13H15NO6S. The maximum Gasteiger partial charge on any atom is 0.339 e. The molecule has 1 aliphatic heterocycles. The van der Waals surface area contributed by atoms with Crippen molar-refractivity contribution in [2.24, 2.45) is 5.92 Å². The molecule has 8 heteroatoms. The van der Waals surface area contributed by atoms with Gasteiger partial charge in [-0.3, -0.25) is 4.79 Å². The van der Waals surface area contributed by atoms with Crippen LogP contribution in [-0.2, 0) is 14.6 Å². The van der Waals surface area contributed by atoms with Crippen LogP contribution in [0.25, 0.3) is 0 Å². The summed E-state index contributed by atoms with van der Waals surface area (Å²) in [6.07, 6.45) is 0.555. The number of sulfone groups is 1. The third-order valence-corrected chi connectivity index (χ3v) is 5.15. The molecule has 0 aromatic heterocycles. The van der Waals surface area contributed by atoms with Gasteiger partial charge in [-0.2, -0.15) is 0 Å². The monoisotopic (exact) mass is 313 g/mol. The average Bonchev–Trinajstić information content (AvgIpc) is 2.67. The fourth-order valence-corrected chi connectivity index (χ4v) is 4.16. The summed E-state index contributed by atoms with van der Waals surface area (Å²) in [7, 11) is -3.02. The Balaban J connectivity index is 1.97. The summed E-state index contributed by atoms with van der Waals surface area (Å²) in [6, 6.07) is 3.70. The second kappa shape index (κ2) is 5.72. The molecule has 1 fully saturated rings. The highest BCUT2D eigenvalue weighted by Gasteiger charge is 2.29. The molecule has 2 rings (SSSR count). The van der Waals surface area contributed by atoms with Crippen molar-refractivity contribution in [3.05, 3.63) is 23.8 Å². The van der Waals surface area contributed by atoms with Crippen molar-refractivity contribution >= 4 is 27.4 Å². The summed E-state index contributed by atoms with van der Waals surface area (Å²) in [5.74, 6) is -2.13. The second-order valence-corrected chi connectivity index (χ2v) is 7.29. The zero-order valence-corrected chi connectivity index (χ0v) is 11.9. The van der Waals surface area contributed by atoms with Crippen molar-refractivity contribution in [2.75, 3.05) is 16.8 Å². The van der Waals surface area contributed by atoms with E-state index in [2.05, 4.69) is 5.32 Å². The van der Waals surface area contributed by atoms with Crippen molar-refractivity contribution in [3.8, 4) is 5.75 Å². The first kappa shape index (κ1) is 15.3. The molecule has 1 unspecified atom stereocenters. The number of benzene rings is 1. The van der Waals surface area contributed by atoms with E-state index in [9.17, 15) is 23.1 Å². The number of carbonyl (C=O) groups excluding carboxylic acids is 1. The normalized spacial score (nSPS) is 20.1. The smallest absolute Gasteiger partial charge is 0.339 e. The van der Waals surface area contributed by atoms with Gasteiger partial charge in [-0.25, -0.2) is 13.2 Å². The van der Waals surface area contributed by atoms with Gasteiger partial charge >= 0.3 is 5.97 Å². The van der Waals surface area contributed by atoms with Gasteiger partial charge in [-0.05, 0) is 24.5 Å². The first-order chi connectivity index (χ1) is 9.77. The van der Waals surface area contributed by atoms with Crippen LogP contribution < -0.4 is 5.32 Å². The minimum Gasteiger partial charge on any atom is -0.507 e.